The van der Waals surface area contributed by atoms with E-state index in [2.05, 4.69) is 11.3 Å². The van der Waals surface area contributed by atoms with Crippen LogP contribution in [-0.4, -0.2) is 20.1 Å². The highest BCUT2D eigenvalue weighted by molar-refractivity contribution is 7.92. The van der Waals surface area contributed by atoms with Crippen molar-refractivity contribution in [3.8, 4) is 5.75 Å². The number of nitrogens with one attached hydrogen (secondary N) is 1. The molecule has 0 aromatic heterocycles. The van der Waals surface area contributed by atoms with Crippen LogP contribution in [0.5, 0.6) is 5.75 Å². The van der Waals surface area contributed by atoms with Crippen LogP contribution in [0.25, 0.3) is 0 Å². The Balaban J connectivity index is 2.38. The molecule has 1 rings (SSSR count). The first kappa shape index (κ1) is 14.5. The average Bonchev–Trinajstić information content (AvgIpc) is 2.34. The van der Waals surface area contributed by atoms with Gasteiger partial charge in [-0.15, -0.1) is 0 Å². The van der Waals surface area contributed by atoms with E-state index >= 15 is 0 Å². The van der Waals surface area contributed by atoms with Gasteiger partial charge in [0.05, 0.1) is 0 Å². The highest BCUT2D eigenvalue weighted by Crippen LogP contribution is 2.16. The second-order valence-electron chi connectivity index (χ2n) is 3.74. The van der Waals surface area contributed by atoms with Crippen LogP contribution >= 0.6 is 0 Å². The molecule has 0 aliphatic heterocycles. The first-order valence-electron chi connectivity index (χ1n) is 5.61. The number of aryl methyl sites for hydroxylation is 1. The smallest absolute Gasteiger partial charge is 0.233 e. The van der Waals surface area contributed by atoms with Crippen LogP contribution in [0.15, 0.2) is 48.4 Å². The monoisotopic (exact) mass is 267 g/mol. The lowest BCUT2D eigenvalue weighted by Crippen LogP contribution is -2.22. The Labute approximate surface area is 108 Å². The number of benzene rings is 1. The van der Waals surface area contributed by atoms with E-state index in [0.29, 0.717) is 19.4 Å². The van der Waals surface area contributed by atoms with Crippen LogP contribution in [-0.2, 0) is 16.4 Å². The minimum Gasteiger partial charge on any atom is -0.508 e. The van der Waals surface area contributed by atoms with Gasteiger partial charge >= 0.3 is 0 Å². The summed E-state index contributed by atoms with van der Waals surface area (Å²) in [6.07, 6.45) is 4.02. The van der Waals surface area contributed by atoms with Crippen molar-refractivity contribution < 1.29 is 13.5 Å². The zero-order valence-electron chi connectivity index (χ0n) is 10.0. The van der Waals surface area contributed by atoms with Crippen LogP contribution in [0.1, 0.15) is 12.0 Å². The summed E-state index contributed by atoms with van der Waals surface area (Å²) >= 11 is 0. The number of phenolic OH excluding ortho intramolecular Hbond substituents is 1. The van der Waals surface area contributed by atoms with Crippen molar-refractivity contribution in [2.75, 3.05) is 6.54 Å². The maximum atomic E-state index is 11.4. The standard InChI is InChI=1S/C13H17NO3S/c1-2-3-11-18(16,17)14-10-6-8-12-7-4-5-9-13(12)15/h2-5,7,9,11,14-15H,1,6,8,10H2/b11-3+. The predicted molar refractivity (Wildman–Crippen MR) is 72.7 cm³/mol. The molecule has 4 nitrogen and oxygen atoms in total. The van der Waals surface area contributed by atoms with Gasteiger partial charge in [0.2, 0.25) is 10.0 Å². The molecular weight excluding hydrogens is 250 g/mol. The van der Waals surface area contributed by atoms with Crippen molar-refractivity contribution in [2.45, 2.75) is 12.8 Å². The molecule has 0 unspecified atom stereocenters. The normalized spacial score (nSPS) is 11.8. The Hall–Kier alpha value is -1.59. The first-order valence-corrected chi connectivity index (χ1v) is 7.15. The summed E-state index contributed by atoms with van der Waals surface area (Å²) in [5, 5.41) is 10.6. The molecule has 2 N–H and O–H groups in total. The second kappa shape index (κ2) is 6.98. The first-order chi connectivity index (χ1) is 8.55. The van der Waals surface area contributed by atoms with Gasteiger partial charge in [-0.25, -0.2) is 13.1 Å². The summed E-state index contributed by atoms with van der Waals surface area (Å²) in [7, 11) is -3.37. The number of allylic oxidation sites excluding steroid dienone is 2. The quantitative estimate of drug-likeness (QED) is 0.586. The van der Waals surface area contributed by atoms with Gasteiger partial charge in [0, 0.05) is 12.0 Å². The van der Waals surface area contributed by atoms with Crippen LogP contribution < -0.4 is 4.72 Å². The number of sulfonamides is 1. The molecule has 0 aliphatic rings. The van der Waals surface area contributed by atoms with Crippen molar-refractivity contribution >= 4 is 10.0 Å². The third-order valence-corrected chi connectivity index (χ3v) is 3.43. The van der Waals surface area contributed by atoms with Gasteiger partial charge in [-0.3, -0.25) is 0 Å². The molecule has 0 heterocycles. The number of rotatable bonds is 7. The molecule has 0 saturated carbocycles. The lowest BCUT2D eigenvalue weighted by Gasteiger charge is -2.04. The fraction of sp³-hybridized carbons (Fsp3) is 0.231. The minimum atomic E-state index is -3.37. The fourth-order valence-corrected chi connectivity index (χ4v) is 2.27. The molecule has 0 amide bonds. The molecule has 0 aliphatic carbocycles. The molecule has 98 valence electrons. The topological polar surface area (TPSA) is 66.4 Å². The summed E-state index contributed by atoms with van der Waals surface area (Å²) < 4.78 is 25.2. The predicted octanol–water partition coefficient (Wildman–Crippen LogP) is 1.94. The van der Waals surface area contributed by atoms with Gasteiger partial charge < -0.3 is 5.11 Å². The third kappa shape index (κ3) is 5.16. The number of aromatic hydroxyl groups is 1. The Morgan fingerprint density at radius 3 is 2.72 bits per heavy atom. The highest BCUT2D eigenvalue weighted by Gasteiger charge is 2.04. The summed E-state index contributed by atoms with van der Waals surface area (Å²) in [4.78, 5) is 0. The average molecular weight is 267 g/mol. The number of para-hydroxylation sites is 1. The van der Waals surface area contributed by atoms with E-state index in [-0.39, 0.29) is 5.75 Å². The van der Waals surface area contributed by atoms with Crippen molar-refractivity contribution in [3.05, 3.63) is 54.0 Å². The molecular formula is C13H17NO3S. The second-order valence-corrected chi connectivity index (χ2v) is 5.39. The van der Waals surface area contributed by atoms with E-state index < -0.39 is 10.0 Å². The van der Waals surface area contributed by atoms with Gasteiger partial charge in [-0.1, -0.05) is 36.9 Å². The van der Waals surface area contributed by atoms with Gasteiger partial charge in [0.15, 0.2) is 0 Å². The van der Waals surface area contributed by atoms with Gasteiger partial charge in [0.25, 0.3) is 0 Å². The number of hydrogen-bond acceptors (Lipinski definition) is 3. The van der Waals surface area contributed by atoms with Gasteiger partial charge in [0.1, 0.15) is 5.75 Å². The van der Waals surface area contributed by atoms with Crippen molar-refractivity contribution in [1.29, 1.82) is 0 Å². The maximum Gasteiger partial charge on any atom is 0.233 e. The molecule has 0 bridgehead atoms. The summed E-state index contributed by atoms with van der Waals surface area (Å²) in [6.45, 7) is 3.73. The zero-order chi connectivity index (χ0) is 13.4. The Morgan fingerprint density at radius 1 is 1.33 bits per heavy atom. The minimum absolute atomic E-state index is 0.243. The molecule has 5 heteroatoms. The summed E-state index contributed by atoms with van der Waals surface area (Å²) in [5.41, 5.74) is 0.818. The number of hydrogen-bond donors (Lipinski definition) is 2. The van der Waals surface area contributed by atoms with Gasteiger partial charge in [-0.05, 0) is 24.5 Å². The molecule has 1 aromatic carbocycles. The van der Waals surface area contributed by atoms with Crippen LogP contribution in [0.3, 0.4) is 0 Å². The van der Waals surface area contributed by atoms with E-state index in [1.807, 2.05) is 12.1 Å². The number of phenols is 1. The molecule has 1 aromatic rings. The third-order valence-electron chi connectivity index (χ3n) is 2.31. The summed E-state index contributed by atoms with van der Waals surface area (Å²) in [6, 6.07) is 7.03. The van der Waals surface area contributed by atoms with Crippen LogP contribution in [0, 0.1) is 0 Å². The largest absolute Gasteiger partial charge is 0.508 e. The SMILES string of the molecule is C=C/C=C/S(=O)(=O)NCCCc1ccccc1O. The van der Waals surface area contributed by atoms with E-state index in [1.54, 1.807) is 12.1 Å². The maximum absolute atomic E-state index is 11.4. The molecule has 0 saturated heterocycles. The Morgan fingerprint density at radius 2 is 2.06 bits per heavy atom. The van der Waals surface area contributed by atoms with Crippen LogP contribution in [0.4, 0.5) is 0 Å². The summed E-state index contributed by atoms with van der Waals surface area (Å²) in [5.74, 6) is 0.243. The Bertz CT molecular complexity index is 521. The molecule has 0 atom stereocenters. The van der Waals surface area contributed by atoms with Gasteiger partial charge in [-0.2, -0.15) is 0 Å². The molecule has 0 spiro atoms. The van der Waals surface area contributed by atoms with Crippen molar-refractivity contribution in [2.24, 2.45) is 0 Å². The van der Waals surface area contributed by atoms with Crippen LogP contribution in [0.2, 0.25) is 0 Å². The fourth-order valence-electron chi connectivity index (χ4n) is 1.42. The van der Waals surface area contributed by atoms with E-state index in [9.17, 15) is 13.5 Å². The molecule has 0 fully saturated rings. The van der Waals surface area contributed by atoms with E-state index in [4.69, 9.17) is 0 Å². The van der Waals surface area contributed by atoms with E-state index in [0.717, 1.165) is 11.0 Å². The zero-order valence-corrected chi connectivity index (χ0v) is 10.9. The highest BCUT2D eigenvalue weighted by atomic mass is 32.2. The lowest BCUT2D eigenvalue weighted by molar-refractivity contribution is 0.467. The molecule has 0 radical (unpaired) electrons. The lowest BCUT2D eigenvalue weighted by atomic mass is 10.1. The molecule has 18 heavy (non-hydrogen) atoms. The van der Waals surface area contributed by atoms with Crippen molar-refractivity contribution in [1.82, 2.24) is 4.72 Å². The Kier molecular flexibility index (Phi) is 5.61. The van der Waals surface area contributed by atoms with Crippen molar-refractivity contribution in [3.63, 3.8) is 0 Å². The van der Waals surface area contributed by atoms with E-state index in [1.165, 1.54) is 12.2 Å².